The Hall–Kier alpha value is 1.05. The van der Waals surface area contributed by atoms with Crippen LogP contribution in [0.5, 0.6) is 0 Å². The molecule has 2 saturated carbocycles. The smallest absolute Gasteiger partial charge is 0.0112 e. The molecular formula is C12H22S3. The van der Waals surface area contributed by atoms with Crippen molar-refractivity contribution in [2.24, 2.45) is 0 Å². The standard InChI is InChI=1S/C12H22S3/c1-9(14-11-3-4-11)7-13-8-10(2)15-12-5-6-12/h9-12H,3-8H2,1-2H3. The SMILES string of the molecule is CC(CSCC(C)SC1CC1)SC1CC1. The highest BCUT2D eigenvalue weighted by Crippen LogP contribution is 2.39. The highest BCUT2D eigenvalue weighted by atomic mass is 32.2. The summed E-state index contributed by atoms with van der Waals surface area (Å²) in [7, 11) is 0. The molecule has 2 unspecified atom stereocenters. The van der Waals surface area contributed by atoms with E-state index < -0.39 is 0 Å². The van der Waals surface area contributed by atoms with E-state index in [9.17, 15) is 0 Å². The van der Waals surface area contributed by atoms with Crippen LogP contribution in [0.3, 0.4) is 0 Å². The zero-order chi connectivity index (χ0) is 10.7. The first-order chi connectivity index (χ1) is 7.24. The van der Waals surface area contributed by atoms with Gasteiger partial charge in [-0.15, -0.1) is 0 Å². The number of thioether (sulfide) groups is 3. The minimum Gasteiger partial charge on any atom is -0.160 e. The normalized spacial score (nSPS) is 25.2. The molecule has 2 atom stereocenters. The Balaban J connectivity index is 1.45. The lowest BCUT2D eigenvalue weighted by molar-refractivity contribution is 1.09. The van der Waals surface area contributed by atoms with Crippen LogP contribution in [0.1, 0.15) is 39.5 Å². The molecule has 0 radical (unpaired) electrons. The third-order valence-electron chi connectivity index (χ3n) is 2.60. The molecule has 0 bridgehead atoms. The molecule has 0 nitrogen and oxygen atoms in total. The van der Waals surface area contributed by atoms with Gasteiger partial charge in [-0.2, -0.15) is 35.3 Å². The monoisotopic (exact) mass is 262 g/mol. The molecule has 0 aliphatic heterocycles. The largest absolute Gasteiger partial charge is 0.160 e. The highest BCUT2D eigenvalue weighted by molar-refractivity contribution is 8.05. The molecule has 2 fully saturated rings. The van der Waals surface area contributed by atoms with Gasteiger partial charge in [-0.1, -0.05) is 13.8 Å². The summed E-state index contributed by atoms with van der Waals surface area (Å²) in [5.41, 5.74) is 0. The van der Waals surface area contributed by atoms with Crippen molar-refractivity contribution in [3.05, 3.63) is 0 Å². The zero-order valence-corrected chi connectivity index (χ0v) is 12.2. The van der Waals surface area contributed by atoms with Gasteiger partial charge >= 0.3 is 0 Å². The van der Waals surface area contributed by atoms with Gasteiger partial charge in [0, 0.05) is 32.5 Å². The summed E-state index contributed by atoms with van der Waals surface area (Å²) in [6, 6.07) is 0. The fraction of sp³-hybridized carbons (Fsp3) is 1.00. The Morgan fingerprint density at radius 3 is 1.60 bits per heavy atom. The maximum Gasteiger partial charge on any atom is 0.0112 e. The molecule has 0 amide bonds. The molecule has 2 aliphatic carbocycles. The maximum absolute atomic E-state index is 2.40. The summed E-state index contributed by atoms with van der Waals surface area (Å²) in [6.07, 6.45) is 5.92. The predicted molar refractivity (Wildman–Crippen MR) is 77.5 cm³/mol. The molecule has 15 heavy (non-hydrogen) atoms. The predicted octanol–water partition coefficient (Wildman–Crippen LogP) is 4.29. The van der Waals surface area contributed by atoms with E-state index >= 15 is 0 Å². The van der Waals surface area contributed by atoms with Gasteiger partial charge in [0.25, 0.3) is 0 Å². The molecule has 88 valence electrons. The van der Waals surface area contributed by atoms with E-state index in [1.807, 2.05) is 0 Å². The van der Waals surface area contributed by atoms with Gasteiger partial charge in [0.05, 0.1) is 0 Å². The van der Waals surface area contributed by atoms with Crippen LogP contribution in [0, 0.1) is 0 Å². The molecule has 2 rings (SSSR count). The number of hydrogen-bond donors (Lipinski definition) is 0. The van der Waals surface area contributed by atoms with Crippen LogP contribution in [0.2, 0.25) is 0 Å². The van der Waals surface area contributed by atoms with Crippen molar-refractivity contribution in [3.63, 3.8) is 0 Å². The second-order valence-corrected chi connectivity index (χ2v) is 9.39. The first-order valence-electron chi connectivity index (χ1n) is 6.12. The van der Waals surface area contributed by atoms with Gasteiger partial charge in [0.15, 0.2) is 0 Å². The van der Waals surface area contributed by atoms with Crippen LogP contribution in [-0.2, 0) is 0 Å². The Kier molecular flexibility index (Phi) is 5.09. The van der Waals surface area contributed by atoms with Crippen LogP contribution in [-0.4, -0.2) is 32.5 Å². The van der Waals surface area contributed by atoms with Gasteiger partial charge in [0.1, 0.15) is 0 Å². The van der Waals surface area contributed by atoms with Gasteiger partial charge in [-0.25, -0.2) is 0 Å². The van der Waals surface area contributed by atoms with E-state index in [0.29, 0.717) is 0 Å². The molecule has 0 aromatic rings. The lowest BCUT2D eigenvalue weighted by Gasteiger charge is -2.13. The summed E-state index contributed by atoms with van der Waals surface area (Å²) in [5.74, 6) is 2.72. The number of rotatable bonds is 8. The average molecular weight is 263 g/mol. The van der Waals surface area contributed by atoms with E-state index in [2.05, 4.69) is 49.1 Å². The van der Waals surface area contributed by atoms with Crippen LogP contribution in [0.4, 0.5) is 0 Å². The molecule has 0 aromatic carbocycles. The molecule has 0 N–H and O–H groups in total. The Morgan fingerprint density at radius 2 is 1.27 bits per heavy atom. The summed E-state index contributed by atoms with van der Waals surface area (Å²) in [5, 5.41) is 3.80. The fourth-order valence-corrected chi connectivity index (χ4v) is 5.68. The van der Waals surface area contributed by atoms with Crippen molar-refractivity contribution in [1.82, 2.24) is 0 Å². The first-order valence-corrected chi connectivity index (χ1v) is 9.16. The molecule has 0 heterocycles. The van der Waals surface area contributed by atoms with Crippen molar-refractivity contribution >= 4 is 35.3 Å². The minimum absolute atomic E-state index is 0.876. The lowest BCUT2D eigenvalue weighted by atomic mass is 10.5. The van der Waals surface area contributed by atoms with E-state index in [1.165, 1.54) is 37.2 Å². The van der Waals surface area contributed by atoms with E-state index in [1.54, 1.807) is 0 Å². The third kappa shape index (κ3) is 5.78. The maximum atomic E-state index is 2.40. The van der Waals surface area contributed by atoms with Crippen molar-refractivity contribution < 1.29 is 0 Å². The van der Waals surface area contributed by atoms with E-state index in [0.717, 1.165) is 21.0 Å². The van der Waals surface area contributed by atoms with Crippen molar-refractivity contribution in [2.75, 3.05) is 11.5 Å². The molecule has 0 aromatic heterocycles. The molecule has 0 spiro atoms. The van der Waals surface area contributed by atoms with Crippen molar-refractivity contribution in [2.45, 2.75) is 60.5 Å². The van der Waals surface area contributed by atoms with Crippen LogP contribution in [0.25, 0.3) is 0 Å². The Bertz CT molecular complexity index is 167. The van der Waals surface area contributed by atoms with E-state index in [4.69, 9.17) is 0 Å². The minimum atomic E-state index is 0.876. The third-order valence-corrected chi connectivity index (χ3v) is 7.47. The van der Waals surface area contributed by atoms with Crippen LogP contribution in [0.15, 0.2) is 0 Å². The van der Waals surface area contributed by atoms with Gasteiger partial charge in [0.2, 0.25) is 0 Å². The van der Waals surface area contributed by atoms with Gasteiger partial charge in [-0.3, -0.25) is 0 Å². The topological polar surface area (TPSA) is 0 Å². The second-order valence-electron chi connectivity index (χ2n) is 4.83. The quantitative estimate of drug-likeness (QED) is 0.640. The van der Waals surface area contributed by atoms with E-state index in [-0.39, 0.29) is 0 Å². The lowest BCUT2D eigenvalue weighted by Crippen LogP contribution is -2.07. The van der Waals surface area contributed by atoms with Crippen LogP contribution >= 0.6 is 35.3 Å². The number of hydrogen-bond acceptors (Lipinski definition) is 3. The summed E-state index contributed by atoms with van der Waals surface area (Å²) < 4.78 is 0. The Labute approximate surface area is 107 Å². The summed E-state index contributed by atoms with van der Waals surface area (Å²) in [6.45, 7) is 4.80. The molecular weight excluding hydrogens is 240 g/mol. The second kappa shape index (κ2) is 6.11. The van der Waals surface area contributed by atoms with Crippen molar-refractivity contribution in [1.29, 1.82) is 0 Å². The van der Waals surface area contributed by atoms with Crippen LogP contribution < -0.4 is 0 Å². The van der Waals surface area contributed by atoms with Crippen molar-refractivity contribution in [3.8, 4) is 0 Å². The first kappa shape index (κ1) is 12.5. The van der Waals surface area contributed by atoms with Gasteiger partial charge < -0.3 is 0 Å². The highest BCUT2D eigenvalue weighted by Gasteiger charge is 2.25. The summed E-state index contributed by atoms with van der Waals surface area (Å²) in [4.78, 5) is 0. The average Bonchev–Trinajstić information content (AvgIpc) is 2.99. The zero-order valence-electron chi connectivity index (χ0n) is 9.78. The molecule has 0 saturated heterocycles. The summed E-state index contributed by atoms with van der Waals surface area (Å²) >= 11 is 6.60. The Morgan fingerprint density at radius 1 is 0.867 bits per heavy atom. The fourth-order valence-electron chi connectivity index (χ4n) is 1.54. The molecule has 2 aliphatic rings. The van der Waals surface area contributed by atoms with Gasteiger partial charge in [-0.05, 0) is 25.7 Å². The molecule has 3 heteroatoms.